The Hall–Kier alpha value is -3.76. The highest BCUT2D eigenvalue weighted by atomic mass is 16.6. The Morgan fingerprint density at radius 3 is 2.70 bits per heavy atom. The number of nitro benzene ring substituents is 2. The Balaban J connectivity index is 1.92. The van der Waals surface area contributed by atoms with E-state index in [0.717, 1.165) is 18.6 Å². The second kappa shape index (κ2) is 8.72. The monoisotopic (exact) mass is 416 g/mol. The van der Waals surface area contributed by atoms with E-state index >= 15 is 0 Å². The van der Waals surface area contributed by atoms with Gasteiger partial charge in [-0.3, -0.25) is 25.7 Å². The van der Waals surface area contributed by atoms with Crippen LogP contribution in [0.2, 0.25) is 0 Å². The van der Waals surface area contributed by atoms with Crippen LogP contribution in [0.5, 0.6) is 0 Å². The molecule has 11 heteroatoms. The number of aryl methyl sites for hydroxylation is 1. The van der Waals surface area contributed by atoms with E-state index in [9.17, 15) is 25.0 Å². The van der Waals surface area contributed by atoms with Crippen LogP contribution in [0, 0.1) is 27.2 Å². The van der Waals surface area contributed by atoms with E-state index < -0.39 is 21.5 Å². The van der Waals surface area contributed by atoms with Crippen molar-refractivity contribution in [2.45, 2.75) is 39.5 Å². The Kier molecular flexibility index (Phi) is 6.09. The summed E-state index contributed by atoms with van der Waals surface area (Å²) >= 11 is 0. The molecule has 0 bridgehead atoms. The van der Waals surface area contributed by atoms with Crippen LogP contribution in [0.4, 0.5) is 17.1 Å². The van der Waals surface area contributed by atoms with Gasteiger partial charge >= 0.3 is 11.7 Å². The first-order valence-corrected chi connectivity index (χ1v) is 9.38. The summed E-state index contributed by atoms with van der Waals surface area (Å²) in [6, 6.07) is 3.27. The molecule has 0 aliphatic heterocycles. The highest BCUT2D eigenvalue weighted by Gasteiger charge is 2.29. The van der Waals surface area contributed by atoms with Crippen molar-refractivity contribution >= 4 is 28.7 Å². The normalized spacial score (nSPS) is 14.3. The van der Waals surface area contributed by atoms with Gasteiger partial charge in [-0.15, -0.1) is 0 Å². The van der Waals surface area contributed by atoms with Crippen LogP contribution < -0.4 is 5.43 Å². The molecule has 0 fully saturated rings. The molecular formula is C19H20N4O7. The first-order valence-electron chi connectivity index (χ1n) is 9.38. The summed E-state index contributed by atoms with van der Waals surface area (Å²) in [7, 11) is 0. The number of non-ortho nitro benzene ring substituents is 1. The third-order valence-electron chi connectivity index (χ3n) is 4.65. The van der Waals surface area contributed by atoms with Crippen LogP contribution in [0.1, 0.15) is 53.6 Å². The number of fused-ring (bicyclic) bond motifs is 1. The van der Waals surface area contributed by atoms with Crippen molar-refractivity contribution in [3.63, 3.8) is 0 Å². The zero-order valence-corrected chi connectivity index (χ0v) is 16.5. The Bertz CT molecular complexity index is 1040. The molecule has 11 nitrogen and oxygen atoms in total. The number of rotatable bonds is 7. The van der Waals surface area contributed by atoms with E-state index in [1.165, 1.54) is 6.07 Å². The molecule has 1 aliphatic carbocycles. The van der Waals surface area contributed by atoms with Gasteiger partial charge in [-0.05, 0) is 32.3 Å². The average molecular weight is 416 g/mol. The predicted molar refractivity (Wildman–Crippen MR) is 107 cm³/mol. The lowest BCUT2D eigenvalue weighted by Gasteiger charge is -2.13. The van der Waals surface area contributed by atoms with E-state index in [1.807, 2.05) is 6.92 Å². The highest BCUT2D eigenvalue weighted by Crippen LogP contribution is 2.32. The molecule has 158 valence electrons. The molecule has 1 aliphatic rings. The molecular weight excluding hydrogens is 396 g/mol. The number of hydrogen-bond acceptors (Lipinski definition) is 9. The maximum absolute atomic E-state index is 12.2. The first-order chi connectivity index (χ1) is 14.3. The zero-order valence-electron chi connectivity index (χ0n) is 16.5. The lowest BCUT2D eigenvalue weighted by atomic mass is 9.93. The first kappa shape index (κ1) is 21.0. The zero-order chi connectivity index (χ0) is 21.8. The number of hydrogen-bond donors (Lipinski definition) is 1. The number of nitrogens with zero attached hydrogens (tertiary/aromatic N) is 3. The smallest absolute Gasteiger partial charge is 0.374 e. The lowest BCUT2D eigenvalue weighted by Crippen LogP contribution is -2.13. The van der Waals surface area contributed by atoms with Gasteiger partial charge in [0, 0.05) is 23.6 Å². The molecule has 1 N–H and O–H groups in total. The van der Waals surface area contributed by atoms with Crippen LogP contribution in [0.15, 0.2) is 27.7 Å². The maximum atomic E-state index is 12.2. The maximum Gasteiger partial charge on any atom is 0.374 e. The van der Waals surface area contributed by atoms with Crippen molar-refractivity contribution in [1.29, 1.82) is 0 Å². The second-order valence-electron chi connectivity index (χ2n) is 6.73. The molecule has 0 radical (unpaired) electrons. The van der Waals surface area contributed by atoms with Crippen molar-refractivity contribution in [3.8, 4) is 0 Å². The van der Waals surface area contributed by atoms with Gasteiger partial charge in [0.05, 0.1) is 28.2 Å². The number of nitrogens with one attached hydrogen (secondary N) is 1. The minimum Gasteiger partial charge on any atom is -0.460 e. The molecule has 0 saturated carbocycles. The van der Waals surface area contributed by atoms with Gasteiger partial charge in [0.2, 0.25) is 5.76 Å². The van der Waals surface area contributed by atoms with E-state index in [1.54, 1.807) is 6.92 Å². The molecule has 0 atom stereocenters. The summed E-state index contributed by atoms with van der Waals surface area (Å²) < 4.78 is 10.9. The van der Waals surface area contributed by atoms with Crippen molar-refractivity contribution in [1.82, 2.24) is 0 Å². The lowest BCUT2D eigenvalue weighted by molar-refractivity contribution is -0.393. The largest absolute Gasteiger partial charge is 0.460 e. The molecule has 0 spiro atoms. The van der Waals surface area contributed by atoms with Crippen LogP contribution in [-0.4, -0.2) is 28.1 Å². The fourth-order valence-corrected chi connectivity index (χ4v) is 3.24. The average Bonchev–Trinajstić information content (AvgIpc) is 3.07. The Morgan fingerprint density at radius 2 is 2.03 bits per heavy atom. The summed E-state index contributed by atoms with van der Waals surface area (Å²) in [5, 5.41) is 26.5. The van der Waals surface area contributed by atoms with Gasteiger partial charge < -0.3 is 9.15 Å². The van der Waals surface area contributed by atoms with E-state index in [4.69, 9.17) is 9.15 Å². The van der Waals surface area contributed by atoms with E-state index in [2.05, 4.69) is 10.5 Å². The summed E-state index contributed by atoms with van der Waals surface area (Å²) in [5.74, 6) is 0.201. The molecule has 1 aromatic heterocycles. The number of ether oxygens (including phenoxy) is 1. The SMILES string of the molecule is CCCOC(=O)c1oc2c(c1C)/C(=N/Nc1ccc([N+](=O)[O-])cc1[N+](=O)[O-])CCC2. The molecule has 2 aromatic rings. The molecule has 3 rings (SSSR count). The van der Waals surface area contributed by atoms with Gasteiger partial charge in [-0.25, -0.2) is 4.79 Å². The van der Waals surface area contributed by atoms with Crippen LogP contribution in [-0.2, 0) is 11.2 Å². The number of benzene rings is 1. The summed E-state index contributed by atoms with van der Waals surface area (Å²) in [4.78, 5) is 33.0. The van der Waals surface area contributed by atoms with Crippen molar-refractivity contribution in [2.24, 2.45) is 5.10 Å². The molecule has 1 heterocycles. The van der Waals surface area contributed by atoms with Crippen molar-refractivity contribution < 1.29 is 23.8 Å². The number of carbonyl (C=O) groups excluding carboxylic acids is 1. The third kappa shape index (κ3) is 4.14. The molecule has 0 amide bonds. The van der Waals surface area contributed by atoms with Gasteiger partial charge in [-0.1, -0.05) is 6.92 Å². The van der Waals surface area contributed by atoms with E-state index in [-0.39, 0.29) is 23.7 Å². The van der Waals surface area contributed by atoms with Crippen LogP contribution in [0.25, 0.3) is 0 Å². The Labute approximate surface area is 171 Å². The number of anilines is 1. The van der Waals surface area contributed by atoms with Crippen LogP contribution in [0.3, 0.4) is 0 Å². The van der Waals surface area contributed by atoms with E-state index in [0.29, 0.717) is 41.9 Å². The fraction of sp³-hybridized carbons (Fsp3) is 0.368. The summed E-state index contributed by atoms with van der Waals surface area (Å²) in [5.41, 5.74) is 3.68. The second-order valence-corrected chi connectivity index (χ2v) is 6.73. The van der Waals surface area contributed by atoms with Gasteiger partial charge in [0.25, 0.3) is 5.69 Å². The number of esters is 1. The van der Waals surface area contributed by atoms with Gasteiger partial charge in [-0.2, -0.15) is 5.10 Å². The molecule has 0 unspecified atom stereocenters. The summed E-state index contributed by atoms with van der Waals surface area (Å²) in [6.07, 6.45) is 2.63. The predicted octanol–water partition coefficient (Wildman–Crippen LogP) is 4.12. The van der Waals surface area contributed by atoms with Crippen molar-refractivity contribution in [2.75, 3.05) is 12.0 Å². The standard InChI is InChI=1S/C19H20N4O7/c1-3-9-29-19(24)18-11(2)17-14(5-4-6-16(17)30-18)21-20-13-8-7-12(22(25)26)10-15(13)23(27)28/h7-8,10,20H,3-6,9H2,1-2H3/b21-14+. The number of furan rings is 1. The van der Waals surface area contributed by atoms with Gasteiger partial charge in [0.15, 0.2) is 0 Å². The molecule has 30 heavy (non-hydrogen) atoms. The molecule has 0 saturated heterocycles. The van der Waals surface area contributed by atoms with Crippen molar-refractivity contribution in [3.05, 3.63) is 61.1 Å². The topological polar surface area (TPSA) is 150 Å². The number of nitro groups is 2. The summed E-state index contributed by atoms with van der Waals surface area (Å²) in [6.45, 7) is 3.91. The third-order valence-corrected chi connectivity index (χ3v) is 4.65. The number of hydrazone groups is 1. The minimum absolute atomic E-state index is 0.0222. The Morgan fingerprint density at radius 1 is 1.27 bits per heavy atom. The quantitative estimate of drug-likeness (QED) is 0.402. The minimum atomic E-state index is -0.716. The highest BCUT2D eigenvalue weighted by molar-refractivity contribution is 6.06. The fourth-order valence-electron chi connectivity index (χ4n) is 3.24. The molecule has 1 aromatic carbocycles. The van der Waals surface area contributed by atoms with Gasteiger partial charge in [0.1, 0.15) is 11.4 Å². The number of carbonyl (C=O) groups is 1. The van der Waals surface area contributed by atoms with Crippen LogP contribution >= 0.6 is 0 Å².